The standard InChI is InChI=1S/C17H24O7/c1-8-4-11-16(6-18,5-10(8)23-9(2)19)15(3)13(21)12(20)14(24-11)17(15)7-22-17/h4,10-14,18,20-21H,5-7H2,1-3H3. The van der Waals surface area contributed by atoms with Crippen molar-refractivity contribution in [3.05, 3.63) is 11.6 Å². The highest BCUT2D eigenvalue weighted by atomic mass is 16.6. The summed E-state index contributed by atoms with van der Waals surface area (Å²) < 4.78 is 17.2. The zero-order chi connectivity index (χ0) is 17.5. The maximum absolute atomic E-state index is 11.4. The summed E-state index contributed by atoms with van der Waals surface area (Å²) in [6.07, 6.45) is -1.61. The zero-order valence-electron chi connectivity index (χ0n) is 14.1. The van der Waals surface area contributed by atoms with Crippen LogP contribution in [0.2, 0.25) is 0 Å². The van der Waals surface area contributed by atoms with Gasteiger partial charge in [0.15, 0.2) is 0 Å². The van der Waals surface area contributed by atoms with E-state index in [-0.39, 0.29) is 6.61 Å². The maximum atomic E-state index is 11.4. The second-order valence-corrected chi connectivity index (χ2v) is 7.82. The molecule has 134 valence electrons. The average molecular weight is 340 g/mol. The van der Waals surface area contributed by atoms with Crippen LogP contribution in [0.1, 0.15) is 27.2 Å². The van der Waals surface area contributed by atoms with Crippen molar-refractivity contribution in [2.75, 3.05) is 13.2 Å². The van der Waals surface area contributed by atoms with Crippen molar-refractivity contribution >= 4 is 5.97 Å². The normalized spacial score (nSPS) is 55.1. The molecule has 2 saturated heterocycles. The van der Waals surface area contributed by atoms with E-state index in [0.29, 0.717) is 13.0 Å². The van der Waals surface area contributed by atoms with Crippen molar-refractivity contribution < 1.29 is 34.3 Å². The van der Waals surface area contributed by atoms with E-state index in [1.54, 1.807) is 0 Å². The Morgan fingerprint density at radius 2 is 2.12 bits per heavy atom. The van der Waals surface area contributed by atoms with Crippen molar-refractivity contribution in [3.8, 4) is 0 Å². The minimum Gasteiger partial charge on any atom is -0.458 e. The van der Waals surface area contributed by atoms with Crippen LogP contribution in [-0.2, 0) is 19.0 Å². The number of aliphatic hydroxyl groups excluding tert-OH is 3. The summed E-state index contributed by atoms with van der Waals surface area (Å²) in [6.45, 7) is 5.15. The Bertz CT molecular complexity index is 612. The number of rotatable bonds is 2. The molecule has 7 nitrogen and oxygen atoms in total. The molecule has 4 aliphatic rings. The van der Waals surface area contributed by atoms with Crippen LogP contribution in [0.25, 0.3) is 0 Å². The molecule has 2 heterocycles. The van der Waals surface area contributed by atoms with E-state index in [0.717, 1.165) is 5.57 Å². The maximum Gasteiger partial charge on any atom is 0.303 e. The van der Waals surface area contributed by atoms with Crippen LogP contribution in [-0.4, -0.2) is 70.6 Å². The van der Waals surface area contributed by atoms with E-state index >= 15 is 0 Å². The Balaban J connectivity index is 1.84. The van der Waals surface area contributed by atoms with Gasteiger partial charge in [-0.3, -0.25) is 4.79 Å². The lowest BCUT2D eigenvalue weighted by atomic mass is 9.51. The first kappa shape index (κ1) is 16.5. The van der Waals surface area contributed by atoms with Crippen molar-refractivity contribution in [3.63, 3.8) is 0 Å². The van der Waals surface area contributed by atoms with Crippen LogP contribution in [0.15, 0.2) is 11.6 Å². The molecule has 3 fully saturated rings. The fourth-order valence-corrected chi connectivity index (χ4v) is 5.38. The summed E-state index contributed by atoms with van der Waals surface area (Å²) in [4.78, 5) is 11.4. The summed E-state index contributed by atoms with van der Waals surface area (Å²) in [5.41, 5.74) is -1.77. The number of esters is 1. The summed E-state index contributed by atoms with van der Waals surface area (Å²) in [6, 6.07) is 0. The van der Waals surface area contributed by atoms with Crippen molar-refractivity contribution in [2.24, 2.45) is 10.8 Å². The Hall–Kier alpha value is -0.990. The van der Waals surface area contributed by atoms with E-state index in [1.807, 2.05) is 19.9 Å². The fourth-order valence-electron chi connectivity index (χ4n) is 5.38. The lowest BCUT2D eigenvalue weighted by molar-refractivity contribution is -0.235. The molecule has 0 aromatic rings. The lowest BCUT2D eigenvalue weighted by Crippen LogP contribution is -2.67. The molecule has 1 spiro atoms. The number of hydrogen-bond donors (Lipinski definition) is 3. The van der Waals surface area contributed by atoms with Crippen LogP contribution in [0.4, 0.5) is 0 Å². The van der Waals surface area contributed by atoms with E-state index in [2.05, 4.69) is 0 Å². The summed E-state index contributed by atoms with van der Waals surface area (Å²) >= 11 is 0. The average Bonchev–Trinajstić information content (AvgIpc) is 3.31. The third-order valence-electron chi connectivity index (χ3n) is 6.95. The molecular formula is C17H24O7. The summed E-state index contributed by atoms with van der Waals surface area (Å²) in [5, 5.41) is 31.7. The molecule has 0 radical (unpaired) electrons. The van der Waals surface area contributed by atoms with Crippen molar-refractivity contribution in [2.45, 2.75) is 63.3 Å². The molecular weight excluding hydrogens is 316 g/mol. The molecule has 2 aliphatic carbocycles. The predicted molar refractivity (Wildman–Crippen MR) is 80.9 cm³/mol. The topological polar surface area (TPSA) is 109 Å². The molecule has 2 aliphatic heterocycles. The van der Waals surface area contributed by atoms with Gasteiger partial charge < -0.3 is 29.5 Å². The molecule has 3 N–H and O–H groups in total. The number of ether oxygens (including phenoxy) is 3. The van der Waals surface area contributed by atoms with Gasteiger partial charge in [-0.25, -0.2) is 0 Å². The van der Waals surface area contributed by atoms with E-state index in [1.165, 1.54) is 6.92 Å². The molecule has 8 atom stereocenters. The number of hydrogen-bond acceptors (Lipinski definition) is 7. The summed E-state index contributed by atoms with van der Waals surface area (Å²) in [5.74, 6) is -0.400. The first-order valence-electron chi connectivity index (χ1n) is 8.35. The van der Waals surface area contributed by atoms with Crippen LogP contribution in [0.5, 0.6) is 0 Å². The van der Waals surface area contributed by atoms with Crippen LogP contribution in [0.3, 0.4) is 0 Å². The van der Waals surface area contributed by atoms with Crippen LogP contribution in [0, 0.1) is 10.8 Å². The highest BCUT2D eigenvalue weighted by Crippen LogP contribution is 2.71. The van der Waals surface area contributed by atoms with Gasteiger partial charge in [-0.15, -0.1) is 0 Å². The Labute approximate surface area is 140 Å². The largest absolute Gasteiger partial charge is 0.458 e. The molecule has 7 heteroatoms. The smallest absolute Gasteiger partial charge is 0.303 e. The number of epoxide rings is 1. The monoisotopic (exact) mass is 340 g/mol. The van der Waals surface area contributed by atoms with Gasteiger partial charge in [0.25, 0.3) is 0 Å². The number of carbonyl (C=O) groups excluding carboxylic acids is 1. The first-order valence-corrected chi connectivity index (χ1v) is 8.35. The van der Waals surface area contributed by atoms with Gasteiger partial charge in [-0.05, 0) is 18.9 Å². The third-order valence-corrected chi connectivity index (χ3v) is 6.95. The Morgan fingerprint density at radius 1 is 1.46 bits per heavy atom. The van der Waals surface area contributed by atoms with Crippen molar-refractivity contribution in [1.29, 1.82) is 0 Å². The second-order valence-electron chi connectivity index (χ2n) is 7.82. The first-order chi connectivity index (χ1) is 11.2. The second kappa shape index (κ2) is 4.80. The van der Waals surface area contributed by atoms with Gasteiger partial charge >= 0.3 is 5.97 Å². The lowest BCUT2D eigenvalue weighted by Gasteiger charge is -2.58. The van der Waals surface area contributed by atoms with E-state index in [4.69, 9.17) is 14.2 Å². The SMILES string of the molecule is CC(=O)OC1CC2(CO)C(C=C1C)OC1C(O)C(O)C2(C)C12CO2. The van der Waals surface area contributed by atoms with Gasteiger partial charge in [-0.2, -0.15) is 0 Å². The molecule has 0 aromatic heterocycles. The minimum atomic E-state index is -1.09. The molecule has 0 aromatic carbocycles. The third kappa shape index (κ3) is 1.62. The quantitative estimate of drug-likeness (QED) is 0.354. The molecule has 1 saturated carbocycles. The van der Waals surface area contributed by atoms with Crippen LogP contribution < -0.4 is 0 Å². The highest BCUT2D eigenvalue weighted by Gasteiger charge is 2.84. The Kier molecular flexibility index (Phi) is 3.29. The van der Waals surface area contributed by atoms with Gasteiger partial charge in [0, 0.05) is 17.8 Å². The van der Waals surface area contributed by atoms with Gasteiger partial charge in [0.2, 0.25) is 0 Å². The molecule has 2 bridgehead atoms. The van der Waals surface area contributed by atoms with Gasteiger partial charge in [0.05, 0.1) is 25.4 Å². The summed E-state index contributed by atoms with van der Waals surface area (Å²) in [7, 11) is 0. The predicted octanol–water partition coefficient (Wildman–Crippen LogP) is -0.475. The number of fused-ring (bicyclic) bond motifs is 2. The fraction of sp³-hybridized carbons (Fsp3) is 0.824. The Morgan fingerprint density at radius 3 is 2.67 bits per heavy atom. The zero-order valence-corrected chi connectivity index (χ0v) is 14.1. The minimum absolute atomic E-state index is 0.267. The van der Waals surface area contributed by atoms with E-state index in [9.17, 15) is 20.1 Å². The highest BCUT2D eigenvalue weighted by molar-refractivity contribution is 5.66. The molecule has 8 unspecified atom stereocenters. The van der Waals surface area contributed by atoms with Crippen molar-refractivity contribution in [1.82, 2.24) is 0 Å². The number of aliphatic hydroxyl groups is 3. The molecule has 0 amide bonds. The van der Waals surface area contributed by atoms with Crippen LogP contribution >= 0.6 is 0 Å². The van der Waals surface area contributed by atoms with Gasteiger partial charge in [-0.1, -0.05) is 13.0 Å². The number of carbonyl (C=O) groups is 1. The van der Waals surface area contributed by atoms with E-state index < -0.39 is 52.9 Å². The molecule has 24 heavy (non-hydrogen) atoms. The molecule has 4 rings (SSSR count). The van der Waals surface area contributed by atoms with Gasteiger partial charge in [0.1, 0.15) is 23.9 Å².